The molecule has 0 saturated heterocycles. The third kappa shape index (κ3) is 3.55. The number of benzene rings is 2. The van der Waals surface area contributed by atoms with Crippen LogP contribution < -0.4 is 4.74 Å². The van der Waals surface area contributed by atoms with Gasteiger partial charge in [-0.15, -0.1) is 11.6 Å². The molecule has 0 radical (unpaired) electrons. The van der Waals surface area contributed by atoms with Crippen LogP contribution in [0, 0.1) is 12.8 Å². The smallest absolute Gasteiger partial charge is 0.122 e. The summed E-state index contributed by atoms with van der Waals surface area (Å²) < 4.78 is 5.44. The highest BCUT2D eigenvalue weighted by Gasteiger charge is 2.18. The second-order valence-corrected chi connectivity index (χ2v) is 5.78. The quantitative estimate of drug-likeness (QED) is 0.690. The zero-order valence-electron chi connectivity index (χ0n) is 12.3. The van der Waals surface area contributed by atoms with Crippen LogP contribution in [0.25, 0.3) is 0 Å². The molecule has 1 nitrogen and oxygen atoms in total. The molecule has 2 heteroatoms. The summed E-state index contributed by atoms with van der Waals surface area (Å²) in [4.78, 5) is 0. The van der Waals surface area contributed by atoms with Crippen LogP contribution in [0.4, 0.5) is 0 Å². The Bertz CT molecular complexity index is 551. The predicted octanol–water partition coefficient (Wildman–Crippen LogP) is 5.16. The number of hydrogen-bond donors (Lipinski definition) is 0. The molecule has 2 aromatic rings. The molecule has 20 heavy (non-hydrogen) atoms. The average molecular weight is 289 g/mol. The van der Waals surface area contributed by atoms with E-state index in [1.165, 1.54) is 16.7 Å². The van der Waals surface area contributed by atoms with Crippen LogP contribution in [0.5, 0.6) is 5.75 Å². The zero-order valence-corrected chi connectivity index (χ0v) is 13.0. The fourth-order valence-corrected chi connectivity index (χ4v) is 2.72. The highest BCUT2D eigenvalue weighted by atomic mass is 35.5. The second-order valence-electron chi connectivity index (χ2n) is 5.31. The van der Waals surface area contributed by atoms with Crippen LogP contribution in [0.3, 0.4) is 0 Å². The van der Waals surface area contributed by atoms with Crippen molar-refractivity contribution in [2.24, 2.45) is 5.92 Å². The van der Waals surface area contributed by atoms with Crippen LogP contribution in [0.2, 0.25) is 0 Å². The number of hydrogen-bond acceptors (Lipinski definition) is 1. The van der Waals surface area contributed by atoms with E-state index in [0.717, 1.165) is 12.2 Å². The van der Waals surface area contributed by atoms with E-state index in [1.807, 2.05) is 24.3 Å². The maximum absolute atomic E-state index is 6.60. The van der Waals surface area contributed by atoms with Crippen molar-refractivity contribution in [3.63, 3.8) is 0 Å². The third-order valence-corrected chi connectivity index (χ3v) is 4.28. The monoisotopic (exact) mass is 288 g/mol. The van der Waals surface area contributed by atoms with Crippen molar-refractivity contribution in [3.8, 4) is 5.75 Å². The summed E-state index contributed by atoms with van der Waals surface area (Å²) in [7, 11) is 1.72. The Hall–Kier alpha value is -1.47. The van der Waals surface area contributed by atoms with Crippen molar-refractivity contribution in [1.82, 2.24) is 0 Å². The lowest BCUT2D eigenvalue weighted by atomic mass is 9.92. The van der Waals surface area contributed by atoms with Crippen LogP contribution in [0.1, 0.15) is 29.0 Å². The highest BCUT2D eigenvalue weighted by Crippen LogP contribution is 2.33. The summed E-state index contributed by atoms with van der Waals surface area (Å²) in [5.41, 5.74) is 3.65. The fraction of sp³-hybridized carbons (Fsp3) is 0.333. The number of methoxy groups -OCH3 is 1. The van der Waals surface area contributed by atoms with Crippen LogP contribution >= 0.6 is 11.6 Å². The first-order valence-electron chi connectivity index (χ1n) is 6.94. The second kappa shape index (κ2) is 6.81. The molecule has 106 valence electrons. The van der Waals surface area contributed by atoms with E-state index in [2.05, 4.69) is 38.1 Å². The van der Waals surface area contributed by atoms with Gasteiger partial charge in [0, 0.05) is 0 Å². The molecule has 2 unspecified atom stereocenters. The molecule has 0 aliphatic heterocycles. The van der Waals surface area contributed by atoms with Gasteiger partial charge in [-0.05, 0) is 36.5 Å². The van der Waals surface area contributed by atoms with Crippen molar-refractivity contribution < 1.29 is 4.74 Å². The van der Waals surface area contributed by atoms with Gasteiger partial charge in [0.2, 0.25) is 0 Å². The van der Waals surface area contributed by atoms with E-state index in [4.69, 9.17) is 16.3 Å². The maximum atomic E-state index is 6.60. The molecule has 2 rings (SSSR count). The molecule has 0 N–H and O–H groups in total. The van der Waals surface area contributed by atoms with Gasteiger partial charge in [0.05, 0.1) is 12.5 Å². The van der Waals surface area contributed by atoms with E-state index in [0.29, 0.717) is 5.92 Å². The minimum absolute atomic E-state index is 0.0152. The van der Waals surface area contributed by atoms with Crippen molar-refractivity contribution in [2.75, 3.05) is 7.11 Å². The third-order valence-electron chi connectivity index (χ3n) is 3.60. The average Bonchev–Trinajstić information content (AvgIpc) is 2.47. The Morgan fingerprint density at radius 1 is 1.10 bits per heavy atom. The molecule has 0 saturated carbocycles. The lowest BCUT2D eigenvalue weighted by molar-refractivity contribution is 0.404. The molecule has 0 aliphatic carbocycles. The molecule has 0 fully saturated rings. The molecular weight excluding hydrogens is 268 g/mol. The van der Waals surface area contributed by atoms with Gasteiger partial charge in [0.15, 0.2) is 0 Å². The van der Waals surface area contributed by atoms with E-state index >= 15 is 0 Å². The summed E-state index contributed by atoms with van der Waals surface area (Å²) in [6, 6.07) is 16.5. The lowest BCUT2D eigenvalue weighted by Crippen LogP contribution is -2.08. The van der Waals surface area contributed by atoms with Crippen LogP contribution in [-0.4, -0.2) is 7.11 Å². The van der Waals surface area contributed by atoms with Gasteiger partial charge in [-0.2, -0.15) is 0 Å². The van der Waals surface area contributed by atoms with Gasteiger partial charge in [-0.25, -0.2) is 0 Å². The Balaban J connectivity index is 2.15. The van der Waals surface area contributed by atoms with Gasteiger partial charge in [0.1, 0.15) is 5.75 Å². The molecule has 0 aromatic heterocycles. The Kier molecular flexibility index (Phi) is 5.08. The topological polar surface area (TPSA) is 9.23 Å². The first kappa shape index (κ1) is 14.9. The standard InChI is InChI=1S/C18H21ClO/c1-13-9-10-17(20-3)16(11-13)12-14(2)18(19)15-7-5-4-6-8-15/h4-11,14,18H,12H2,1-3H3. The summed E-state index contributed by atoms with van der Waals surface area (Å²) in [5, 5.41) is 0.0152. The predicted molar refractivity (Wildman–Crippen MR) is 85.6 cm³/mol. The molecule has 0 amide bonds. The number of ether oxygens (including phenoxy) is 1. The summed E-state index contributed by atoms with van der Waals surface area (Å²) >= 11 is 6.60. The normalized spacial score (nSPS) is 13.8. The van der Waals surface area contributed by atoms with Crippen molar-refractivity contribution >= 4 is 11.6 Å². The molecule has 2 aromatic carbocycles. The zero-order chi connectivity index (χ0) is 14.5. The highest BCUT2D eigenvalue weighted by molar-refractivity contribution is 6.21. The summed E-state index contributed by atoms with van der Waals surface area (Å²) in [5.74, 6) is 1.29. The van der Waals surface area contributed by atoms with E-state index in [9.17, 15) is 0 Å². The number of rotatable bonds is 5. The molecule has 0 heterocycles. The van der Waals surface area contributed by atoms with Gasteiger partial charge in [-0.1, -0.05) is 55.0 Å². The molecule has 0 spiro atoms. The van der Waals surface area contributed by atoms with Crippen molar-refractivity contribution in [1.29, 1.82) is 0 Å². The maximum Gasteiger partial charge on any atom is 0.122 e. The van der Waals surface area contributed by atoms with E-state index < -0.39 is 0 Å². The van der Waals surface area contributed by atoms with E-state index in [1.54, 1.807) is 7.11 Å². The summed E-state index contributed by atoms with van der Waals surface area (Å²) in [6.45, 7) is 4.29. The fourth-order valence-electron chi connectivity index (χ4n) is 2.48. The number of alkyl halides is 1. The molecule has 2 atom stereocenters. The Labute approximate surface area is 126 Å². The lowest BCUT2D eigenvalue weighted by Gasteiger charge is -2.20. The first-order chi connectivity index (χ1) is 9.61. The van der Waals surface area contributed by atoms with Crippen molar-refractivity contribution in [3.05, 3.63) is 65.2 Å². The van der Waals surface area contributed by atoms with Gasteiger partial charge in [0.25, 0.3) is 0 Å². The van der Waals surface area contributed by atoms with Crippen LogP contribution in [-0.2, 0) is 6.42 Å². The van der Waals surface area contributed by atoms with Gasteiger partial charge < -0.3 is 4.74 Å². The molecule has 0 bridgehead atoms. The first-order valence-corrected chi connectivity index (χ1v) is 7.38. The SMILES string of the molecule is COc1ccc(C)cc1CC(C)C(Cl)c1ccccc1. The van der Waals surface area contributed by atoms with Crippen molar-refractivity contribution in [2.45, 2.75) is 25.6 Å². The molecule has 0 aliphatic rings. The van der Waals surface area contributed by atoms with Gasteiger partial charge in [-0.3, -0.25) is 0 Å². The van der Waals surface area contributed by atoms with Gasteiger partial charge >= 0.3 is 0 Å². The van der Waals surface area contributed by atoms with Crippen LogP contribution in [0.15, 0.2) is 48.5 Å². The number of halogens is 1. The Morgan fingerprint density at radius 3 is 2.45 bits per heavy atom. The number of aryl methyl sites for hydroxylation is 1. The van der Waals surface area contributed by atoms with E-state index in [-0.39, 0.29) is 5.38 Å². The minimum Gasteiger partial charge on any atom is -0.496 e. The largest absolute Gasteiger partial charge is 0.496 e. The summed E-state index contributed by atoms with van der Waals surface area (Å²) in [6.07, 6.45) is 0.911. The minimum atomic E-state index is 0.0152. The molecular formula is C18H21ClO. The Morgan fingerprint density at radius 2 is 1.80 bits per heavy atom.